The molecular formula is C13H24N2O2. The number of hydrogen-bond acceptors (Lipinski definition) is 3. The third kappa shape index (κ3) is 3.96. The molecule has 0 aromatic carbocycles. The summed E-state index contributed by atoms with van der Waals surface area (Å²) in [5, 5.41) is 6.44. The number of ether oxygens (including phenoxy) is 1. The van der Waals surface area contributed by atoms with Crippen LogP contribution in [0.2, 0.25) is 0 Å². The molecule has 0 aromatic rings. The number of carbonyl (C=O) groups is 1. The van der Waals surface area contributed by atoms with Gasteiger partial charge in [-0.1, -0.05) is 0 Å². The fraction of sp³-hybridized carbons (Fsp3) is 0.923. The Bertz CT molecular complexity index is 244. The molecule has 2 rings (SSSR count). The molecule has 2 fully saturated rings. The van der Waals surface area contributed by atoms with E-state index in [1.54, 1.807) is 0 Å². The molecular weight excluding hydrogens is 216 g/mol. The maximum atomic E-state index is 12.0. The molecule has 4 nitrogen and oxygen atoms in total. The van der Waals surface area contributed by atoms with Crippen LogP contribution in [0.3, 0.4) is 0 Å². The molecule has 2 aliphatic heterocycles. The van der Waals surface area contributed by atoms with Gasteiger partial charge in [0.05, 0.1) is 12.5 Å². The number of rotatable bonds is 3. The molecule has 0 aromatic heterocycles. The second-order valence-electron chi connectivity index (χ2n) is 5.41. The number of amides is 1. The van der Waals surface area contributed by atoms with Crippen LogP contribution in [-0.4, -0.2) is 38.3 Å². The number of carbonyl (C=O) groups excluding carboxylic acids is 1. The van der Waals surface area contributed by atoms with E-state index in [1.165, 1.54) is 6.42 Å². The van der Waals surface area contributed by atoms with Gasteiger partial charge in [-0.2, -0.15) is 0 Å². The Balaban J connectivity index is 1.66. The zero-order valence-corrected chi connectivity index (χ0v) is 10.7. The van der Waals surface area contributed by atoms with E-state index in [-0.39, 0.29) is 11.8 Å². The molecule has 2 saturated heterocycles. The Kier molecular flexibility index (Phi) is 4.80. The van der Waals surface area contributed by atoms with Crippen LogP contribution in [0.25, 0.3) is 0 Å². The van der Waals surface area contributed by atoms with Crippen LogP contribution in [0.4, 0.5) is 0 Å². The standard InChI is InChI=1S/C13H24N2O2/c1-10-4-5-12(8-14-10)13(16)15-7-11-3-2-6-17-9-11/h10-12,14H,2-9H2,1H3,(H,15,16). The van der Waals surface area contributed by atoms with E-state index >= 15 is 0 Å². The van der Waals surface area contributed by atoms with Gasteiger partial charge in [-0.15, -0.1) is 0 Å². The number of piperidine rings is 1. The van der Waals surface area contributed by atoms with E-state index in [2.05, 4.69) is 17.6 Å². The van der Waals surface area contributed by atoms with E-state index in [0.29, 0.717) is 12.0 Å². The van der Waals surface area contributed by atoms with Crippen molar-refractivity contribution in [3.05, 3.63) is 0 Å². The fourth-order valence-electron chi connectivity index (χ4n) is 2.58. The second-order valence-corrected chi connectivity index (χ2v) is 5.41. The highest BCUT2D eigenvalue weighted by atomic mass is 16.5. The molecule has 3 atom stereocenters. The van der Waals surface area contributed by atoms with Gasteiger partial charge in [-0.05, 0) is 38.5 Å². The largest absolute Gasteiger partial charge is 0.381 e. The first-order valence-electron chi connectivity index (χ1n) is 6.84. The predicted octanol–water partition coefficient (Wildman–Crippen LogP) is 0.917. The maximum absolute atomic E-state index is 12.0. The van der Waals surface area contributed by atoms with Crippen LogP contribution in [0.15, 0.2) is 0 Å². The zero-order chi connectivity index (χ0) is 12.1. The van der Waals surface area contributed by atoms with Gasteiger partial charge in [0.1, 0.15) is 0 Å². The van der Waals surface area contributed by atoms with Crippen LogP contribution < -0.4 is 10.6 Å². The van der Waals surface area contributed by atoms with E-state index in [1.807, 2.05) is 0 Å². The van der Waals surface area contributed by atoms with E-state index < -0.39 is 0 Å². The molecule has 2 aliphatic rings. The van der Waals surface area contributed by atoms with Crippen LogP contribution >= 0.6 is 0 Å². The van der Waals surface area contributed by atoms with E-state index in [0.717, 1.165) is 45.6 Å². The maximum Gasteiger partial charge on any atom is 0.224 e. The Hall–Kier alpha value is -0.610. The lowest BCUT2D eigenvalue weighted by Crippen LogP contribution is -2.45. The average molecular weight is 240 g/mol. The topological polar surface area (TPSA) is 50.4 Å². The number of nitrogens with one attached hydrogen (secondary N) is 2. The summed E-state index contributed by atoms with van der Waals surface area (Å²) in [5.41, 5.74) is 0. The highest BCUT2D eigenvalue weighted by Gasteiger charge is 2.24. The summed E-state index contributed by atoms with van der Waals surface area (Å²) in [4.78, 5) is 12.0. The Morgan fingerprint density at radius 1 is 1.41 bits per heavy atom. The van der Waals surface area contributed by atoms with Crippen LogP contribution in [0, 0.1) is 11.8 Å². The minimum Gasteiger partial charge on any atom is -0.381 e. The first-order valence-corrected chi connectivity index (χ1v) is 6.84. The highest BCUT2D eigenvalue weighted by molar-refractivity contribution is 5.78. The van der Waals surface area contributed by atoms with Gasteiger partial charge in [-0.25, -0.2) is 0 Å². The van der Waals surface area contributed by atoms with Gasteiger partial charge in [0.25, 0.3) is 0 Å². The monoisotopic (exact) mass is 240 g/mol. The normalized spacial score (nSPS) is 34.3. The van der Waals surface area contributed by atoms with Crippen LogP contribution in [0.1, 0.15) is 32.6 Å². The zero-order valence-electron chi connectivity index (χ0n) is 10.7. The summed E-state index contributed by atoms with van der Waals surface area (Å²) >= 11 is 0. The molecule has 0 bridgehead atoms. The van der Waals surface area contributed by atoms with Gasteiger partial charge >= 0.3 is 0 Å². The van der Waals surface area contributed by atoms with Crippen molar-refractivity contribution in [2.45, 2.75) is 38.6 Å². The van der Waals surface area contributed by atoms with Gasteiger partial charge in [0.2, 0.25) is 5.91 Å². The van der Waals surface area contributed by atoms with E-state index in [4.69, 9.17) is 4.74 Å². The van der Waals surface area contributed by atoms with Crippen molar-refractivity contribution in [1.29, 1.82) is 0 Å². The molecule has 0 spiro atoms. The summed E-state index contributed by atoms with van der Waals surface area (Å²) in [7, 11) is 0. The third-order valence-electron chi connectivity index (χ3n) is 3.85. The van der Waals surface area contributed by atoms with Crippen molar-refractivity contribution in [3.63, 3.8) is 0 Å². The fourth-order valence-corrected chi connectivity index (χ4v) is 2.58. The van der Waals surface area contributed by atoms with Crippen molar-refractivity contribution in [2.75, 3.05) is 26.3 Å². The van der Waals surface area contributed by atoms with Crippen LogP contribution in [0.5, 0.6) is 0 Å². The Labute approximate surface area is 103 Å². The molecule has 2 N–H and O–H groups in total. The van der Waals surface area contributed by atoms with Crippen molar-refractivity contribution in [3.8, 4) is 0 Å². The van der Waals surface area contributed by atoms with Gasteiger partial charge in [0.15, 0.2) is 0 Å². The average Bonchev–Trinajstić information content (AvgIpc) is 2.38. The van der Waals surface area contributed by atoms with Crippen molar-refractivity contribution in [1.82, 2.24) is 10.6 Å². The SMILES string of the molecule is CC1CCC(C(=O)NCC2CCCOC2)CN1. The molecule has 0 aliphatic carbocycles. The van der Waals surface area contributed by atoms with Crippen LogP contribution in [-0.2, 0) is 9.53 Å². The second kappa shape index (κ2) is 6.36. The summed E-state index contributed by atoms with van der Waals surface area (Å²) in [5.74, 6) is 0.897. The lowest BCUT2D eigenvalue weighted by Gasteiger charge is -2.28. The highest BCUT2D eigenvalue weighted by Crippen LogP contribution is 2.15. The smallest absolute Gasteiger partial charge is 0.224 e. The predicted molar refractivity (Wildman–Crippen MR) is 66.7 cm³/mol. The minimum atomic E-state index is 0.163. The lowest BCUT2D eigenvalue weighted by atomic mass is 9.94. The minimum absolute atomic E-state index is 0.163. The summed E-state index contributed by atoms with van der Waals surface area (Å²) in [6, 6.07) is 0.561. The molecule has 1 amide bonds. The van der Waals surface area contributed by atoms with Gasteiger partial charge in [0, 0.05) is 25.7 Å². The molecule has 0 saturated carbocycles. The van der Waals surface area contributed by atoms with Crippen molar-refractivity contribution >= 4 is 5.91 Å². The molecule has 2 heterocycles. The molecule has 0 radical (unpaired) electrons. The Morgan fingerprint density at radius 2 is 2.29 bits per heavy atom. The van der Waals surface area contributed by atoms with E-state index in [9.17, 15) is 4.79 Å². The van der Waals surface area contributed by atoms with Crippen molar-refractivity contribution in [2.24, 2.45) is 11.8 Å². The first kappa shape index (κ1) is 12.8. The molecule has 98 valence electrons. The number of hydrogen-bond donors (Lipinski definition) is 2. The Morgan fingerprint density at radius 3 is 2.94 bits per heavy atom. The third-order valence-corrected chi connectivity index (χ3v) is 3.85. The molecule has 4 heteroatoms. The van der Waals surface area contributed by atoms with Gasteiger partial charge in [-0.3, -0.25) is 4.79 Å². The van der Waals surface area contributed by atoms with Crippen molar-refractivity contribution < 1.29 is 9.53 Å². The summed E-state index contributed by atoms with van der Waals surface area (Å²) in [6.45, 7) is 5.47. The summed E-state index contributed by atoms with van der Waals surface area (Å²) in [6.07, 6.45) is 4.43. The lowest BCUT2D eigenvalue weighted by molar-refractivity contribution is -0.126. The molecule has 3 unspecified atom stereocenters. The molecule has 17 heavy (non-hydrogen) atoms. The quantitative estimate of drug-likeness (QED) is 0.771. The summed E-state index contributed by atoms with van der Waals surface area (Å²) < 4.78 is 5.41. The van der Waals surface area contributed by atoms with Gasteiger partial charge < -0.3 is 15.4 Å². The first-order chi connectivity index (χ1) is 8.25.